The van der Waals surface area contributed by atoms with Crippen LogP contribution in [0.3, 0.4) is 0 Å². The number of aromatic nitrogens is 4. The van der Waals surface area contributed by atoms with Crippen LogP contribution in [-0.2, 0) is 18.2 Å². The fourth-order valence-electron chi connectivity index (χ4n) is 3.09. The Morgan fingerprint density at radius 1 is 1.07 bits per heavy atom. The topological polar surface area (TPSA) is 87.0 Å². The van der Waals surface area contributed by atoms with Gasteiger partial charge in [-0.3, -0.25) is 4.79 Å². The first kappa shape index (κ1) is 20.4. The van der Waals surface area contributed by atoms with E-state index in [4.69, 9.17) is 4.74 Å². The van der Waals surface area contributed by atoms with Crippen molar-refractivity contribution in [2.24, 2.45) is 13.0 Å². The molecule has 0 aliphatic rings. The van der Waals surface area contributed by atoms with Crippen molar-refractivity contribution in [2.75, 3.05) is 7.11 Å². The zero-order valence-electron chi connectivity index (χ0n) is 17.0. The number of carbonyl (C=O) groups excluding carboxylic acids is 2. The smallest absolute Gasteiger partial charge is 0.337 e. The number of Topliss-reactive ketones (excluding diaryl/α,β-unsaturated/α-hetero) is 1. The molecule has 0 spiro atoms. The van der Waals surface area contributed by atoms with E-state index in [9.17, 15) is 9.59 Å². The number of benzene rings is 2. The number of tetrazole rings is 1. The van der Waals surface area contributed by atoms with Crippen LogP contribution in [0.15, 0.2) is 42.5 Å². The van der Waals surface area contributed by atoms with E-state index in [-0.39, 0.29) is 5.78 Å². The number of aryl methyl sites for hydroxylation is 1. The maximum absolute atomic E-state index is 12.2. The van der Waals surface area contributed by atoms with E-state index in [1.165, 1.54) is 11.9 Å². The number of methoxy groups -OCH3 is 1. The third-order valence-corrected chi connectivity index (χ3v) is 4.54. The number of ketones is 1. The molecule has 0 amide bonds. The summed E-state index contributed by atoms with van der Waals surface area (Å²) < 4.78 is 4.82. The van der Waals surface area contributed by atoms with E-state index in [0.717, 1.165) is 22.3 Å². The molecule has 0 aliphatic heterocycles. The summed E-state index contributed by atoms with van der Waals surface area (Å²) in [6.45, 7) is 4.07. The second-order valence-electron chi connectivity index (χ2n) is 7.36. The van der Waals surface area contributed by atoms with Crippen LogP contribution in [0.25, 0.3) is 11.4 Å². The van der Waals surface area contributed by atoms with Gasteiger partial charge in [-0.05, 0) is 40.8 Å². The molecule has 0 atom stereocenters. The van der Waals surface area contributed by atoms with Gasteiger partial charge in [-0.25, -0.2) is 4.79 Å². The summed E-state index contributed by atoms with van der Waals surface area (Å²) in [4.78, 5) is 25.5. The van der Waals surface area contributed by atoms with Crippen molar-refractivity contribution < 1.29 is 14.3 Å². The molecular formula is C22H24N4O3. The number of carbonyl (C=O) groups is 2. The molecule has 29 heavy (non-hydrogen) atoms. The van der Waals surface area contributed by atoms with E-state index >= 15 is 0 Å². The van der Waals surface area contributed by atoms with E-state index in [2.05, 4.69) is 15.4 Å². The van der Waals surface area contributed by atoms with E-state index in [1.807, 2.05) is 44.2 Å². The Hall–Kier alpha value is -3.35. The van der Waals surface area contributed by atoms with Gasteiger partial charge in [0, 0.05) is 17.5 Å². The van der Waals surface area contributed by atoms with Gasteiger partial charge in [0.15, 0.2) is 5.78 Å². The average Bonchev–Trinajstić information content (AvgIpc) is 3.13. The molecule has 7 nitrogen and oxygen atoms in total. The second kappa shape index (κ2) is 8.77. The van der Waals surface area contributed by atoms with Gasteiger partial charge in [-0.1, -0.05) is 44.2 Å². The highest BCUT2D eigenvalue weighted by Crippen LogP contribution is 2.25. The largest absolute Gasteiger partial charge is 0.465 e. The lowest BCUT2D eigenvalue weighted by atomic mass is 9.95. The molecule has 7 heteroatoms. The lowest BCUT2D eigenvalue weighted by Gasteiger charge is -2.10. The van der Waals surface area contributed by atoms with Crippen molar-refractivity contribution in [1.82, 2.24) is 20.2 Å². The molecule has 0 bridgehead atoms. The summed E-state index contributed by atoms with van der Waals surface area (Å²) in [5.41, 5.74) is 3.86. The van der Waals surface area contributed by atoms with Crippen LogP contribution in [-0.4, -0.2) is 39.1 Å². The Morgan fingerprint density at radius 3 is 2.34 bits per heavy atom. The predicted molar refractivity (Wildman–Crippen MR) is 109 cm³/mol. The van der Waals surface area contributed by atoms with Gasteiger partial charge in [-0.2, -0.15) is 4.80 Å². The number of esters is 1. The Balaban J connectivity index is 1.90. The van der Waals surface area contributed by atoms with E-state index in [0.29, 0.717) is 30.1 Å². The first-order valence-corrected chi connectivity index (χ1v) is 9.45. The predicted octanol–water partition coefficient (Wildman–Crippen LogP) is 3.48. The normalized spacial score (nSPS) is 10.9. The molecule has 0 saturated carbocycles. The van der Waals surface area contributed by atoms with Crippen LogP contribution in [0.4, 0.5) is 0 Å². The van der Waals surface area contributed by atoms with Crippen LogP contribution in [0.2, 0.25) is 0 Å². The summed E-state index contributed by atoms with van der Waals surface area (Å²) in [6.07, 6.45) is 1.14. The molecule has 2 aromatic carbocycles. The highest BCUT2D eigenvalue weighted by molar-refractivity contribution is 5.96. The van der Waals surface area contributed by atoms with Crippen molar-refractivity contribution in [3.05, 3.63) is 64.7 Å². The molecule has 0 radical (unpaired) electrons. The van der Waals surface area contributed by atoms with E-state index < -0.39 is 5.97 Å². The minimum absolute atomic E-state index is 0.151. The molecule has 0 fully saturated rings. The Kier molecular flexibility index (Phi) is 6.16. The third-order valence-electron chi connectivity index (χ3n) is 4.54. The molecule has 0 unspecified atom stereocenters. The number of hydrogen-bond acceptors (Lipinski definition) is 6. The number of rotatable bonds is 7. The number of nitrogens with zero attached hydrogens (tertiary/aromatic N) is 4. The zero-order chi connectivity index (χ0) is 21.0. The summed E-state index contributed by atoms with van der Waals surface area (Å²) in [7, 11) is 3.03. The summed E-state index contributed by atoms with van der Waals surface area (Å²) in [6, 6.07) is 13.0. The fourth-order valence-corrected chi connectivity index (χ4v) is 3.09. The van der Waals surface area contributed by atoms with Crippen molar-refractivity contribution in [3.63, 3.8) is 0 Å². The van der Waals surface area contributed by atoms with Gasteiger partial charge in [0.25, 0.3) is 0 Å². The van der Waals surface area contributed by atoms with Crippen molar-refractivity contribution in [2.45, 2.75) is 26.7 Å². The Bertz CT molecular complexity index is 1020. The molecule has 150 valence electrons. The van der Waals surface area contributed by atoms with Gasteiger partial charge < -0.3 is 4.74 Å². The summed E-state index contributed by atoms with van der Waals surface area (Å²) >= 11 is 0. The van der Waals surface area contributed by atoms with Crippen LogP contribution < -0.4 is 0 Å². The van der Waals surface area contributed by atoms with Crippen LogP contribution in [0.1, 0.15) is 52.1 Å². The summed E-state index contributed by atoms with van der Waals surface area (Å²) in [5.74, 6) is 0.502. The maximum Gasteiger partial charge on any atom is 0.337 e. The molecule has 0 saturated heterocycles. The van der Waals surface area contributed by atoms with E-state index in [1.54, 1.807) is 19.2 Å². The van der Waals surface area contributed by atoms with Gasteiger partial charge in [0.1, 0.15) is 0 Å². The highest BCUT2D eigenvalue weighted by atomic mass is 16.5. The van der Waals surface area contributed by atoms with Gasteiger partial charge in [-0.15, -0.1) is 10.2 Å². The first-order valence-electron chi connectivity index (χ1n) is 9.45. The van der Waals surface area contributed by atoms with Crippen molar-refractivity contribution >= 4 is 11.8 Å². The van der Waals surface area contributed by atoms with Crippen LogP contribution >= 0.6 is 0 Å². The quantitative estimate of drug-likeness (QED) is 0.452. The second-order valence-corrected chi connectivity index (χ2v) is 7.36. The molecule has 0 aliphatic carbocycles. The highest BCUT2D eigenvalue weighted by Gasteiger charge is 2.16. The molecule has 3 rings (SSSR count). The lowest BCUT2D eigenvalue weighted by molar-refractivity contribution is 0.0600. The molecule has 3 aromatic rings. The first-order chi connectivity index (χ1) is 13.9. The number of ether oxygens (including phenoxy) is 1. The molecular weight excluding hydrogens is 368 g/mol. The van der Waals surface area contributed by atoms with Gasteiger partial charge >= 0.3 is 5.97 Å². The SMILES string of the molecule is COC(=O)c1ccc(Cc2ccc(C(=O)CC(C)C)cc2)c(-c2nnn(C)n2)c1. The minimum atomic E-state index is -0.422. The van der Waals surface area contributed by atoms with Gasteiger partial charge in [0.05, 0.1) is 19.7 Å². The Morgan fingerprint density at radius 2 is 1.76 bits per heavy atom. The third kappa shape index (κ3) is 4.93. The van der Waals surface area contributed by atoms with Crippen LogP contribution in [0, 0.1) is 5.92 Å². The Labute approximate surface area is 169 Å². The van der Waals surface area contributed by atoms with Crippen LogP contribution in [0.5, 0.6) is 0 Å². The standard InChI is InChI=1S/C22H24N4O3/c1-14(2)11-20(27)16-7-5-15(6-8-16)12-17-9-10-18(22(28)29-4)13-19(17)21-23-25-26(3)24-21/h5-10,13-14H,11-12H2,1-4H3. The maximum atomic E-state index is 12.2. The molecule has 0 N–H and O–H groups in total. The van der Waals surface area contributed by atoms with Gasteiger partial charge in [0.2, 0.25) is 5.82 Å². The summed E-state index contributed by atoms with van der Waals surface area (Å²) in [5, 5.41) is 12.2. The minimum Gasteiger partial charge on any atom is -0.465 e. The number of hydrogen-bond donors (Lipinski definition) is 0. The molecule has 1 aromatic heterocycles. The fraction of sp³-hybridized carbons (Fsp3) is 0.318. The average molecular weight is 392 g/mol. The van der Waals surface area contributed by atoms with Crippen molar-refractivity contribution in [3.8, 4) is 11.4 Å². The monoisotopic (exact) mass is 392 g/mol. The molecule has 1 heterocycles. The zero-order valence-corrected chi connectivity index (χ0v) is 17.0. The lowest BCUT2D eigenvalue weighted by Crippen LogP contribution is -2.04. The van der Waals surface area contributed by atoms with Crippen molar-refractivity contribution in [1.29, 1.82) is 0 Å².